The van der Waals surface area contributed by atoms with E-state index in [4.69, 9.17) is 9.97 Å². The lowest BCUT2D eigenvalue weighted by Gasteiger charge is -2.34. The Balaban J connectivity index is 1.20. The van der Waals surface area contributed by atoms with Crippen molar-refractivity contribution in [1.29, 1.82) is 0 Å². The number of hydrazone groups is 1. The molecule has 0 spiro atoms. The van der Waals surface area contributed by atoms with E-state index in [1.54, 1.807) is 0 Å². The molecule has 170 valence electrons. The molecule has 3 aliphatic rings. The Labute approximate surface area is 197 Å². The second-order valence-corrected chi connectivity index (χ2v) is 9.32. The fourth-order valence-electron chi connectivity index (χ4n) is 5.08. The summed E-state index contributed by atoms with van der Waals surface area (Å²) in [6.45, 7) is 4.30. The molecule has 1 saturated heterocycles. The number of aromatic amines is 2. The summed E-state index contributed by atoms with van der Waals surface area (Å²) in [7, 11) is 2.18. The van der Waals surface area contributed by atoms with Gasteiger partial charge < -0.3 is 25.2 Å². The molecule has 1 unspecified atom stereocenters. The van der Waals surface area contributed by atoms with Gasteiger partial charge in [0.1, 0.15) is 11.5 Å². The first kappa shape index (κ1) is 19.5. The number of nitrogens with one attached hydrogen (secondary N) is 3. The molecule has 1 atom stereocenters. The van der Waals surface area contributed by atoms with E-state index in [0.717, 1.165) is 83.2 Å². The molecule has 4 aromatic rings. The monoisotopic (exact) mass is 450 g/mol. The minimum atomic E-state index is 0.167. The summed E-state index contributed by atoms with van der Waals surface area (Å²) in [6, 6.07) is 14.8. The van der Waals surface area contributed by atoms with Crippen LogP contribution in [0, 0.1) is 0 Å². The number of hydrogen-bond acceptors (Lipinski definition) is 6. The lowest BCUT2D eigenvalue weighted by molar-refractivity contribution is 0.313. The Hall–Kier alpha value is -3.91. The third kappa shape index (κ3) is 3.21. The average molecular weight is 451 g/mol. The maximum atomic E-state index is 4.90. The fourth-order valence-corrected chi connectivity index (χ4v) is 5.08. The predicted octanol–water partition coefficient (Wildman–Crippen LogP) is 3.28. The van der Waals surface area contributed by atoms with Gasteiger partial charge in [-0.05, 0) is 49.9 Å². The molecule has 3 N–H and O–H groups in total. The van der Waals surface area contributed by atoms with Crippen molar-refractivity contribution in [3.05, 3.63) is 71.8 Å². The van der Waals surface area contributed by atoms with Crippen molar-refractivity contribution in [2.24, 2.45) is 5.10 Å². The molecule has 0 bridgehead atoms. The maximum absolute atomic E-state index is 4.90. The first-order chi connectivity index (χ1) is 16.7. The van der Waals surface area contributed by atoms with Crippen LogP contribution < -0.4 is 10.3 Å². The molecule has 4 heterocycles. The Morgan fingerprint density at radius 2 is 1.68 bits per heavy atom. The number of benzene rings is 2. The van der Waals surface area contributed by atoms with Crippen molar-refractivity contribution in [3.63, 3.8) is 0 Å². The Kier molecular flexibility index (Phi) is 4.35. The van der Waals surface area contributed by atoms with Crippen LogP contribution in [0.5, 0.6) is 0 Å². The van der Waals surface area contributed by atoms with Crippen LogP contribution in [-0.2, 0) is 0 Å². The van der Waals surface area contributed by atoms with E-state index >= 15 is 0 Å². The number of fused-ring (bicyclic) bond motifs is 3. The van der Waals surface area contributed by atoms with Gasteiger partial charge in [-0.25, -0.2) is 9.97 Å². The Bertz CT molecular complexity index is 1460. The summed E-state index contributed by atoms with van der Waals surface area (Å²) < 4.78 is 0. The average Bonchev–Trinajstić information content (AvgIpc) is 3.59. The van der Waals surface area contributed by atoms with Gasteiger partial charge in [0.05, 0.1) is 28.1 Å². The Morgan fingerprint density at radius 3 is 2.56 bits per heavy atom. The number of imidazole rings is 2. The van der Waals surface area contributed by atoms with Gasteiger partial charge in [-0.3, -0.25) is 0 Å². The van der Waals surface area contributed by atoms with Crippen LogP contribution in [0.3, 0.4) is 0 Å². The summed E-state index contributed by atoms with van der Waals surface area (Å²) in [5, 5.41) is 4.62. The number of anilines is 1. The van der Waals surface area contributed by atoms with E-state index < -0.39 is 0 Å². The van der Waals surface area contributed by atoms with E-state index in [1.165, 1.54) is 5.69 Å². The molecule has 0 amide bonds. The smallest absolute Gasteiger partial charge is 0.159 e. The van der Waals surface area contributed by atoms with Gasteiger partial charge in [0.25, 0.3) is 0 Å². The van der Waals surface area contributed by atoms with Gasteiger partial charge in [0, 0.05) is 43.0 Å². The van der Waals surface area contributed by atoms with E-state index in [9.17, 15) is 0 Å². The number of aromatic nitrogens is 4. The van der Waals surface area contributed by atoms with Gasteiger partial charge >= 0.3 is 0 Å². The molecule has 7 rings (SSSR count). The van der Waals surface area contributed by atoms with E-state index in [-0.39, 0.29) is 6.04 Å². The molecule has 2 aromatic heterocycles. The first-order valence-corrected chi connectivity index (χ1v) is 11.9. The summed E-state index contributed by atoms with van der Waals surface area (Å²) in [4.78, 5) is 21.5. The van der Waals surface area contributed by atoms with Crippen LogP contribution in [0.1, 0.15) is 18.1 Å². The summed E-state index contributed by atoms with van der Waals surface area (Å²) in [5.74, 6) is 1.69. The second-order valence-electron chi connectivity index (χ2n) is 9.32. The topological polar surface area (TPSA) is 88.2 Å². The highest BCUT2D eigenvalue weighted by Gasteiger charge is 2.30. The van der Waals surface area contributed by atoms with Crippen molar-refractivity contribution in [2.45, 2.75) is 12.5 Å². The van der Waals surface area contributed by atoms with Gasteiger partial charge in [0.2, 0.25) is 0 Å². The van der Waals surface area contributed by atoms with Crippen molar-refractivity contribution in [1.82, 2.24) is 30.3 Å². The van der Waals surface area contributed by atoms with Gasteiger partial charge in [-0.1, -0.05) is 18.2 Å². The highest BCUT2D eigenvalue weighted by atomic mass is 15.3. The zero-order valence-corrected chi connectivity index (χ0v) is 19.0. The largest absolute Gasteiger partial charge is 0.369 e. The quantitative estimate of drug-likeness (QED) is 0.446. The number of hydrogen-bond donors (Lipinski definition) is 3. The third-order valence-electron chi connectivity index (χ3n) is 7.09. The zero-order valence-electron chi connectivity index (χ0n) is 19.0. The lowest BCUT2D eigenvalue weighted by Crippen LogP contribution is -2.44. The summed E-state index contributed by atoms with van der Waals surface area (Å²) in [5.41, 5.74) is 11.7. The van der Waals surface area contributed by atoms with Gasteiger partial charge in [0.15, 0.2) is 5.82 Å². The SMILES string of the molecule is CN1CCN(c2ccc3nc(C4=CCC5NN=C(c6nc7ccccc7[nH]6)C5=C4)[nH]c3c2)CC1. The second kappa shape index (κ2) is 7.56. The number of likely N-dealkylation sites (N-methyl/N-ethyl adjacent to an activating group) is 1. The molecule has 8 heteroatoms. The van der Waals surface area contributed by atoms with Crippen LogP contribution in [0.4, 0.5) is 5.69 Å². The van der Waals surface area contributed by atoms with Crippen molar-refractivity contribution in [3.8, 4) is 0 Å². The molecule has 0 saturated carbocycles. The summed E-state index contributed by atoms with van der Waals surface area (Å²) >= 11 is 0. The van der Waals surface area contributed by atoms with Gasteiger partial charge in [-0.15, -0.1) is 0 Å². The zero-order chi connectivity index (χ0) is 22.6. The first-order valence-electron chi connectivity index (χ1n) is 11.9. The molecule has 0 radical (unpaired) electrons. The minimum Gasteiger partial charge on any atom is -0.369 e. The number of para-hydroxylation sites is 2. The predicted molar refractivity (Wildman–Crippen MR) is 136 cm³/mol. The molecule has 8 nitrogen and oxygen atoms in total. The number of nitrogens with zero attached hydrogens (tertiary/aromatic N) is 5. The van der Waals surface area contributed by atoms with Crippen LogP contribution in [0.2, 0.25) is 0 Å². The highest BCUT2D eigenvalue weighted by molar-refractivity contribution is 6.14. The van der Waals surface area contributed by atoms with Crippen LogP contribution >= 0.6 is 0 Å². The van der Waals surface area contributed by atoms with Crippen molar-refractivity contribution >= 4 is 39.0 Å². The van der Waals surface area contributed by atoms with Crippen LogP contribution in [0.25, 0.3) is 27.6 Å². The third-order valence-corrected chi connectivity index (χ3v) is 7.09. The molecule has 1 fully saturated rings. The van der Waals surface area contributed by atoms with Crippen LogP contribution in [-0.4, -0.2) is 69.8 Å². The van der Waals surface area contributed by atoms with E-state index in [0.29, 0.717) is 0 Å². The van der Waals surface area contributed by atoms with Crippen LogP contribution in [0.15, 0.2) is 65.3 Å². The number of piperazine rings is 1. The minimum absolute atomic E-state index is 0.167. The number of H-pyrrole nitrogens is 2. The van der Waals surface area contributed by atoms with Crippen molar-refractivity contribution in [2.75, 3.05) is 38.1 Å². The molecule has 1 aliphatic carbocycles. The molecule has 2 aromatic carbocycles. The summed E-state index contributed by atoms with van der Waals surface area (Å²) in [6.07, 6.45) is 5.29. The van der Waals surface area contributed by atoms with Crippen molar-refractivity contribution < 1.29 is 0 Å². The number of rotatable bonds is 3. The van der Waals surface area contributed by atoms with E-state index in [1.807, 2.05) is 24.3 Å². The molecule has 34 heavy (non-hydrogen) atoms. The molecular weight excluding hydrogens is 424 g/mol. The van der Waals surface area contributed by atoms with E-state index in [2.05, 4.69) is 67.7 Å². The fraction of sp³-hybridized carbons (Fsp3) is 0.269. The maximum Gasteiger partial charge on any atom is 0.159 e. The Morgan fingerprint density at radius 1 is 0.882 bits per heavy atom. The normalized spacial score (nSPS) is 20.8. The van der Waals surface area contributed by atoms with Gasteiger partial charge in [-0.2, -0.15) is 5.10 Å². The standard InChI is InChI=1S/C26H26N8/c1-33-10-12-34(13-11-33)17-7-9-22-23(15-17)30-25(27-22)16-6-8-19-18(14-16)24(32-31-19)26-28-20-4-2-3-5-21(20)29-26/h2-7,9,14-15,19,31H,8,10-13H2,1H3,(H,27,30)(H,28,29). The molecule has 2 aliphatic heterocycles. The highest BCUT2D eigenvalue weighted by Crippen LogP contribution is 2.31. The lowest BCUT2D eigenvalue weighted by atomic mass is 9.92. The number of allylic oxidation sites excluding steroid dienone is 2. The molecular formula is C26H26N8.